The number of hydrogen-bond acceptors (Lipinski definition) is 4. The number of aromatic nitrogens is 1. The molecule has 0 saturated heterocycles. The van der Waals surface area contributed by atoms with E-state index in [0.29, 0.717) is 12.5 Å². The molecule has 0 amide bonds. The molecule has 1 aromatic rings. The molecule has 0 aliphatic heterocycles. The molecule has 1 atom stereocenters. The van der Waals surface area contributed by atoms with Crippen LogP contribution in [-0.2, 0) is 16.9 Å². The normalized spacial score (nSPS) is 19.8. The summed E-state index contributed by atoms with van der Waals surface area (Å²) in [7, 11) is 1.75. The summed E-state index contributed by atoms with van der Waals surface area (Å²) < 4.78 is 5.59. The van der Waals surface area contributed by atoms with E-state index in [-0.39, 0.29) is 5.60 Å². The lowest BCUT2D eigenvalue weighted by Gasteiger charge is -2.23. The first kappa shape index (κ1) is 12.0. The zero-order valence-corrected chi connectivity index (χ0v) is 11.1. The molecule has 1 aromatic heterocycles. The maximum absolute atomic E-state index is 5.79. The van der Waals surface area contributed by atoms with Gasteiger partial charge < -0.3 is 10.5 Å². The number of ether oxygens (including phenoxy) is 1. The predicted molar refractivity (Wildman–Crippen MR) is 66.6 cm³/mol. The molecule has 1 fully saturated rings. The molecule has 2 N–H and O–H groups in total. The quantitative estimate of drug-likeness (QED) is 0.861. The number of rotatable bonds is 5. The summed E-state index contributed by atoms with van der Waals surface area (Å²) in [5.74, 6) is 0.668. The predicted octanol–water partition coefficient (Wildman–Crippen LogP) is 2.75. The summed E-state index contributed by atoms with van der Waals surface area (Å²) in [6, 6.07) is 0. The Balaban J connectivity index is 2.34. The molecule has 4 heteroatoms. The average Bonchev–Trinajstić information content (AvgIpc) is 3.07. The van der Waals surface area contributed by atoms with Crippen LogP contribution in [0.5, 0.6) is 0 Å². The van der Waals surface area contributed by atoms with Gasteiger partial charge in [-0.25, -0.2) is 4.98 Å². The molecule has 1 saturated carbocycles. The van der Waals surface area contributed by atoms with E-state index in [1.165, 1.54) is 23.4 Å². The van der Waals surface area contributed by atoms with E-state index in [0.717, 1.165) is 11.4 Å². The van der Waals surface area contributed by atoms with E-state index in [1.54, 1.807) is 18.4 Å². The van der Waals surface area contributed by atoms with Crippen molar-refractivity contribution < 1.29 is 4.74 Å². The number of thiazole rings is 1. The van der Waals surface area contributed by atoms with E-state index in [4.69, 9.17) is 15.5 Å². The summed E-state index contributed by atoms with van der Waals surface area (Å²) in [6.07, 6.45) is 3.48. The van der Waals surface area contributed by atoms with E-state index >= 15 is 0 Å². The standard InChI is InChI=1S/C12H20N2OS/c1-4-12(2,15-3)11-14-10(8-5-6-8)9(7-13)16-11/h8H,4-7,13H2,1-3H3. The van der Waals surface area contributed by atoms with Gasteiger partial charge in [0.15, 0.2) is 0 Å². The Hall–Kier alpha value is -0.450. The van der Waals surface area contributed by atoms with Gasteiger partial charge >= 0.3 is 0 Å². The summed E-state index contributed by atoms with van der Waals surface area (Å²) >= 11 is 1.72. The molecule has 2 rings (SSSR count). The third-order valence-electron chi connectivity index (χ3n) is 3.45. The highest BCUT2D eigenvalue weighted by molar-refractivity contribution is 7.11. The van der Waals surface area contributed by atoms with Crippen molar-refractivity contribution in [1.82, 2.24) is 4.98 Å². The Kier molecular flexibility index (Phi) is 3.33. The first-order valence-corrected chi connectivity index (χ1v) is 6.71. The van der Waals surface area contributed by atoms with Gasteiger partial charge in [-0.1, -0.05) is 6.92 Å². The summed E-state index contributed by atoms with van der Waals surface area (Å²) in [5, 5.41) is 1.08. The molecule has 0 spiro atoms. The third-order valence-corrected chi connectivity index (χ3v) is 4.79. The highest BCUT2D eigenvalue weighted by Gasteiger charge is 2.34. The van der Waals surface area contributed by atoms with E-state index in [1.807, 2.05) is 0 Å². The second kappa shape index (κ2) is 4.43. The highest BCUT2D eigenvalue weighted by Crippen LogP contribution is 2.44. The Morgan fingerprint density at radius 1 is 1.56 bits per heavy atom. The first-order chi connectivity index (χ1) is 7.64. The minimum absolute atomic E-state index is 0.248. The van der Waals surface area contributed by atoms with Gasteiger partial charge in [0.05, 0.1) is 5.69 Å². The molecular weight excluding hydrogens is 220 g/mol. The average molecular weight is 240 g/mol. The van der Waals surface area contributed by atoms with Crippen LogP contribution in [0.4, 0.5) is 0 Å². The molecule has 0 aromatic carbocycles. The highest BCUT2D eigenvalue weighted by atomic mass is 32.1. The van der Waals surface area contributed by atoms with E-state index < -0.39 is 0 Å². The molecular formula is C12H20N2OS. The number of nitrogens with zero attached hydrogens (tertiary/aromatic N) is 1. The largest absolute Gasteiger partial charge is 0.371 e. The van der Waals surface area contributed by atoms with Crippen molar-refractivity contribution >= 4 is 11.3 Å². The van der Waals surface area contributed by atoms with Crippen LogP contribution in [0.1, 0.15) is 54.6 Å². The molecule has 0 radical (unpaired) electrons. The van der Waals surface area contributed by atoms with Gasteiger partial charge in [-0.15, -0.1) is 11.3 Å². The zero-order chi connectivity index (χ0) is 11.8. The van der Waals surface area contributed by atoms with Crippen molar-refractivity contribution in [2.75, 3.05) is 7.11 Å². The second-order valence-corrected chi connectivity index (χ2v) is 5.68. The minimum Gasteiger partial charge on any atom is -0.371 e. The van der Waals surface area contributed by atoms with Gasteiger partial charge in [0.1, 0.15) is 10.6 Å². The van der Waals surface area contributed by atoms with Crippen LogP contribution in [0.2, 0.25) is 0 Å². The molecule has 3 nitrogen and oxygen atoms in total. The van der Waals surface area contributed by atoms with Crippen LogP contribution in [0.25, 0.3) is 0 Å². The maximum atomic E-state index is 5.79. The number of methoxy groups -OCH3 is 1. The van der Waals surface area contributed by atoms with Gasteiger partial charge in [-0.2, -0.15) is 0 Å². The van der Waals surface area contributed by atoms with Crippen molar-refractivity contribution in [2.24, 2.45) is 5.73 Å². The fourth-order valence-corrected chi connectivity index (χ4v) is 3.02. The van der Waals surface area contributed by atoms with Crippen LogP contribution in [0.15, 0.2) is 0 Å². The zero-order valence-electron chi connectivity index (χ0n) is 10.2. The molecule has 1 aliphatic carbocycles. The third kappa shape index (κ3) is 2.01. The van der Waals surface area contributed by atoms with E-state index in [2.05, 4.69) is 13.8 Å². The van der Waals surface area contributed by atoms with Crippen molar-refractivity contribution in [3.05, 3.63) is 15.6 Å². The summed E-state index contributed by atoms with van der Waals surface area (Å²) in [4.78, 5) is 6.01. The van der Waals surface area contributed by atoms with Crippen LogP contribution in [-0.4, -0.2) is 12.1 Å². The molecule has 16 heavy (non-hydrogen) atoms. The number of hydrogen-bond donors (Lipinski definition) is 1. The van der Waals surface area contributed by atoms with Crippen molar-refractivity contribution in [3.63, 3.8) is 0 Å². The lowest BCUT2D eigenvalue weighted by molar-refractivity contribution is -0.00166. The van der Waals surface area contributed by atoms with Crippen LogP contribution in [0.3, 0.4) is 0 Å². The Labute approximate surface area is 101 Å². The first-order valence-electron chi connectivity index (χ1n) is 5.90. The number of nitrogens with two attached hydrogens (primary N) is 1. The van der Waals surface area contributed by atoms with Gasteiger partial charge in [0.25, 0.3) is 0 Å². The van der Waals surface area contributed by atoms with Gasteiger partial charge in [0, 0.05) is 24.4 Å². The fraction of sp³-hybridized carbons (Fsp3) is 0.750. The van der Waals surface area contributed by atoms with Gasteiger partial charge in [-0.05, 0) is 26.2 Å². The lowest BCUT2D eigenvalue weighted by atomic mass is 10.0. The molecule has 1 aliphatic rings. The van der Waals surface area contributed by atoms with Crippen LogP contribution >= 0.6 is 11.3 Å². The lowest BCUT2D eigenvalue weighted by Crippen LogP contribution is -2.22. The van der Waals surface area contributed by atoms with Gasteiger partial charge in [-0.3, -0.25) is 0 Å². The fourth-order valence-electron chi connectivity index (χ4n) is 1.79. The molecule has 0 bridgehead atoms. The Morgan fingerprint density at radius 3 is 2.69 bits per heavy atom. The smallest absolute Gasteiger partial charge is 0.125 e. The summed E-state index contributed by atoms with van der Waals surface area (Å²) in [6.45, 7) is 4.83. The molecule has 90 valence electrons. The van der Waals surface area contributed by atoms with Crippen LogP contribution in [0, 0.1) is 0 Å². The van der Waals surface area contributed by atoms with Crippen molar-refractivity contribution in [3.8, 4) is 0 Å². The summed E-state index contributed by atoms with van der Waals surface area (Å²) in [5.41, 5.74) is 6.77. The SMILES string of the molecule is CCC(C)(OC)c1nc(C2CC2)c(CN)s1. The molecule has 1 unspecified atom stereocenters. The minimum atomic E-state index is -0.248. The van der Waals surface area contributed by atoms with Crippen molar-refractivity contribution in [2.45, 2.75) is 51.2 Å². The Morgan fingerprint density at radius 2 is 2.25 bits per heavy atom. The Bertz CT molecular complexity index is 367. The van der Waals surface area contributed by atoms with Crippen LogP contribution < -0.4 is 5.73 Å². The van der Waals surface area contributed by atoms with E-state index in [9.17, 15) is 0 Å². The maximum Gasteiger partial charge on any atom is 0.125 e. The van der Waals surface area contributed by atoms with Gasteiger partial charge in [0.2, 0.25) is 0 Å². The topological polar surface area (TPSA) is 48.1 Å². The van der Waals surface area contributed by atoms with Crippen molar-refractivity contribution in [1.29, 1.82) is 0 Å². The molecule has 1 heterocycles. The monoisotopic (exact) mass is 240 g/mol. The second-order valence-electron chi connectivity index (χ2n) is 4.59.